The highest BCUT2D eigenvalue weighted by Crippen LogP contribution is 2.08. The molecule has 0 rings (SSSR count). The third-order valence-electron chi connectivity index (χ3n) is 2.45. The predicted molar refractivity (Wildman–Crippen MR) is 68.6 cm³/mol. The SMILES string of the molecule is N/N=C(/N)CCCCCCCC/C(N)=N\N. The molecule has 0 aromatic carbocycles. The minimum absolute atomic E-state index is 0.534. The van der Waals surface area contributed by atoms with Gasteiger partial charge in [-0.15, -0.1) is 0 Å². The molecule has 16 heavy (non-hydrogen) atoms. The van der Waals surface area contributed by atoms with Crippen LogP contribution in [-0.4, -0.2) is 11.7 Å². The molecule has 8 N–H and O–H groups in total. The van der Waals surface area contributed by atoms with Gasteiger partial charge in [-0.3, -0.25) is 0 Å². The summed E-state index contributed by atoms with van der Waals surface area (Å²) in [6.07, 6.45) is 8.44. The lowest BCUT2D eigenvalue weighted by atomic mass is 10.1. The molecule has 0 atom stereocenters. The summed E-state index contributed by atoms with van der Waals surface area (Å²) in [4.78, 5) is 0. The van der Waals surface area contributed by atoms with Crippen LogP contribution in [0.25, 0.3) is 0 Å². The van der Waals surface area contributed by atoms with Crippen LogP contribution < -0.4 is 23.2 Å². The van der Waals surface area contributed by atoms with Gasteiger partial charge in [0.25, 0.3) is 0 Å². The van der Waals surface area contributed by atoms with Crippen LogP contribution in [0, 0.1) is 0 Å². The highest BCUT2D eigenvalue weighted by atomic mass is 15.2. The first-order valence-corrected chi connectivity index (χ1v) is 5.75. The van der Waals surface area contributed by atoms with Crippen molar-refractivity contribution in [2.45, 2.75) is 51.4 Å². The molecule has 0 aliphatic carbocycles. The van der Waals surface area contributed by atoms with E-state index in [9.17, 15) is 0 Å². The number of hydrogen-bond acceptors (Lipinski definition) is 4. The lowest BCUT2D eigenvalue weighted by molar-refractivity contribution is 0.606. The van der Waals surface area contributed by atoms with Crippen molar-refractivity contribution < 1.29 is 0 Å². The van der Waals surface area contributed by atoms with Crippen molar-refractivity contribution in [3.63, 3.8) is 0 Å². The number of nitrogens with zero attached hydrogens (tertiary/aromatic N) is 2. The maximum atomic E-state index is 5.47. The van der Waals surface area contributed by atoms with Gasteiger partial charge in [-0.05, 0) is 12.8 Å². The Kier molecular flexibility index (Phi) is 9.15. The van der Waals surface area contributed by atoms with Crippen LogP contribution in [0.15, 0.2) is 10.2 Å². The molecule has 0 saturated heterocycles. The first-order chi connectivity index (χ1) is 7.70. The molecule has 0 fully saturated rings. The Morgan fingerprint density at radius 3 is 1.25 bits per heavy atom. The average molecular weight is 228 g/mol. The van der Waals surface area contributed by atoms with Crippen molar-refractivity contribution in [1.82, 2.24) is 0 Å². The fraction of sp³-hybridized carbons (Fsp3) is 0.800. The van der Waals surface area contributed by atoms with Crippen molar-refractivity contribution in [2.24, 2.45) is 33.4 Å². The summed E-state index contributed by atoms with van der Waals surface area (Å²) in [7, 11) is 0. The normalized spacial score (nSPS) is 13.0. The van der Waals surface area contributed by atoms with E-state index < -0.39 is 0 Å². The molecule has 0 heterocycles. The lowest BCUT2D eigenvalue weighted by Crippen LogP contribution is -2.13. The topological polar surface area (TPSA) is 129 Å². The molecule has 0 aromatic rings. The first-order valence-electron chi connectivity index (χ1n) is 5.75. The Balaban J connectivity index is 3.16. The van der Waals surface area contributed by atoms with Crippen molar-refractivity contribution in [1.29, 1.82) is 0 Å². The third-order valence-corrected chi connectivity index (χ3v) is 2.45. The van der Waals surface area contributed by atoms with Gasteiger partial charge in [-0.2, -0.15) is 10.2 Å². The Morgan fingerprint density at radius 1 is 0.625 bits per heavy atom. The fourth-order valence-electron chi connectivity index (χ4n) is 1.45. The Labute approximate surface area is 97.1 Å². The second-order valence-corrected chi connectivity index (χ2v) is 3.86. The Morgan fingerprint density at radius 2 is 0.938 bits per heavy atom. The van der Waals surface area contributed by atoms with Crippen LogP contribution in [-0.2, 0) is 0 Å². The van der Waals surface area contributed by atoms with E-state index in [4.69, 9.17) is 23.2 Å². The maximum absolute atomic E-state index is 5.47. The van der Waals surface area contributed by atoms with Gasteiger partial charge in [0, 0.05) is 12.8 Å². The van der Waals surface area contributed by atoms with Gasteiger partial charge in [-0.25, -0.2) is 0 Å². The number of rotatable bonds is 9. The van der Waals surface area contributed by atoms with Crippen molar-refractivity contribution >= 4 is 11.7 Å². The van der Waals surface area contributed by atoms with Crippen molar-refractivity contribution in [2.75, 3.05) is 0 Å². The second-order valence-electron chi connectivity index (χ2n) is 3.86. The minimum atomic E-state index is 0.534. The molecule has 0 aliphatic heterocycles. The van der Waals surface area contributed by atoms with E-state index in [0.29, 0.717) is 11.7 Å². The molecule has 6 heteroatoms. The maximum Gasteiger partial charge on any atom is 0.119 e. The van der Waals surface area contributed by atoms with E-state index in [-0.39, 0.29) is 0 Å². The number of hydrogen-bond donors (Lipinski definition) is 4. The molecular weight excluding hydrogens is 204 g/mol. The van der Waals surface area contributed by atoms with Gasteiger partial charge in [0.2, 0.25) is 0 Å². The second kappa shape index (κ2) is 10.1. The average Bonchev–Trinajstić information content (AvgIpc) is 2.31. The molecule has 0 bridgehead atoms. The number of hydrazone groups is 2. The molecule has 0 spiro atoms. The van der Waals surface area contributed by atoms with E-state index in [1.807, 2.05) is 0 Å². The van der Waals surface area contributed by atoms with E-state index in [1.165, 1.54) is 12.8 Å². The molecule has 0 radical (unpaired) electrons. The molecule has 0 unspecified atom stereocenters. The third kappa shape index (κ3) is 9.11. The van der Waals surface area contributed by atoms with Gasteiger partial charge in [0.1, 0.15) is 11.7 Å². The van der Waals surface area contributed by atoms with Crippen LogP contribution in [0.5, 0.6) is 0 Å². The van der Waals surface area contributed by atoms with Crippen LogP contribution in [0.2, 0.25) is 0 Å². The van der Waals surface area contributed by atoms with Crippen molar-refractivity contribution in [3.05, 3.63) is 0 Å². The predicted octanol–water partition coefficient (Wildman–Crippen LogP) is 0.569. The highest BCUT2D eigenvalue weighted by molar-refractivity contribution is 5.80. The molecule has 94 valence electrons. The zero-order valence-electron chi connectivity index (χ0n) is 9.86. The van der Waals surface area contributed by atoms with Crippen LogP contribution in [0.4, 0.5) is 0 Å². The highest BCUT2D eigenvalue weighted by Gasteiger charge is 1.95. The summed E-state index contributed by atoms with van der Waals surface area (Å²) in [6.45, 7) is 0. The molecule has 0 aromatic heterocycles. The van der Waals surface area contributed by atoms with Gasteiger partial charge in [-0.1, -0.05) is 25.7 Å². The molecule has 0 aliphatic rings. The summed E-state index contributed by atoms with van der Waals surface area (Å²) in [5.41, 5.74) is 10.9. The Bertz CT molecular complexity index is 199. The van der Waals surface area contributed by atoms with E-state index in [2.05, 4.69) is 10.2 Å². The quantitative estimate of drug-likeness (QED) is 0.151. The Hall–Kier alpha value is -1.46. The van der Waals surface area contributed by atoms with Gasteiger partial charge < -0.3 is 23.2 Å². The summed E-state index contributed by atoms with van der Waals surface area (Å²) < 4.78 is 0. The van der Waals surface area contributed by atoms with E-state index in [0.717, 1.165) is 38.5 Å². The lowest BCUT2D eigenvalue weighted by Gasteiger charge is -2.01. The standard InChI is InChI=1S/C10H24N6/c11-9(15-13)7-5-3-1-2-4-6-8-10(12)16-14/h1-8,13-14H2,(H2,11,15)(H2,12,16). The van der Waals surface area contributed by atoms with Crippen molar-refractivity contribution in [3.8, 4) is 0 Å². The first kappa shape index (κ1) is 14.5. The van der Waals surface area contributed by atoms with Gasteiger partial charge in [0.05, 0.1) is 0 Å². The van der Waals surface area contributed by atoms with E-state index in [1.54, 1.807) is 0 Å². The molecule has 6 nitrogen and oxygen atoms in total. The van der Waals surface area contributed by atoms with Crippen LogP contribution >= 0.6 is 0 Å². The fourth-order valence-corrected chi connectivity index (χ4v) is 1.45. The number of nitrogens with two attached hydrogens (primary N) is 4. The summed E-state index contributed by atoms with van der Waals surface area (Å²) in [6, 6.07) is 0. The van der Waals surface area contributed by atoms with Gasteiger partial charge in [0.15, 0.2) is 0 Å². The summed E-state index contributed by atoms with van der Waals surface area (Å²) in [5, 5.41) is 6.84. The molecule has 0 saturated carbocycles. The largest absolute Gasteiger partial charge is 0.386 e. The summed E-state index contributed by atoms with van der Waals surface area (Å²) in [5.74, 6) is 11.1. The monoisotopic (exact) mass is 228 g/mol. The molecule has 0 amide bonds. The van der Waals surface area contributed by atoms with Gasteiger partial charge >= 0.3 is 0 Å². The smallest absolute Gasteiger partial charge is 0.119 e. The number of unbranched alkanes of at least 4 members (excludes halogenated alkanes) is 5. The zero-order chi connectivity index (χ0) is 12.2. The molecular formula is C10H24N6. The van der Waals surface area contributed by atoms with E-state index >= 15 is 0 Å². The minimum Gasteiger partial charge on any atom is -0.386 e. The van der Waals surface area contributed by atoms with Crippen LogP contribution in [0.3, 0.4) is 0 Å². The summed E-state index contributed by atoms with van der Waals surface area (Å²) >= 11 is 0. The number of amidine groups is 2. The zero-order valence-corrected chi connectivity index (χ0v) is 9.86. The van der Waals surface area contributed by atoms with Crippen LogP contribution in [0.1, 0.15) is 51.4 Å².